The first-order valence-corrected chi connectivity index (χ1v) is 9.66. The molecular weight excluding hydrogens is 330 g/mol. The number of rotatable bonds is 5. The van der Waals surface area contributed by atoms with Gasteiger partial charge >= 0.3 is 0 Å². The lowest BCUT2D eigenvalue weighted by Gasteiger charge is -2.24. The van der Waals surface area contributed by atoms with Crippen molar-refractivity contribution in [2.45, 2.75) is 31.7 Å². The van der Waals surface area contributed by atoms with Gasteiger partial charge in [-0.1, -0.05) is 18.2 Å². The summed E-state index contributed by atoms with van der Waals surface area (Å²) in [5.41, 5.74) is 3.42. The highest BCUT2D eigenvalue weighted by Gasteiger charge is 2.29. The minimum absolute atomic E-state index is 0.251. The van der Waals surface area contributed by atoms with Crippen molar-refractivity contribution in [3.05, 3.63) is 70.7 Å². The average Bonchev–Trinajstić information content (AvgIpc) is 3.41. The first-order chi connectivity index (χ1) is 12.3. The topological polar surface area (TPSA) is 38.1 Å². The maximum absolute atomic E-state index is 12.7. The van der Waals surface area contributed by atoms with E-state index in [1.165, 1.54) is 5.56 Å². The van der Waals surface area contributed by atoms with E-state index in [9.17, 15) is 4.79 Å². The van der Waals surface area contributed by atoms with Gasteiger partial charge in [0.2, 0.25) is 5.91 Å². The lowest BCUT2D eigenvalue weighted by Crippen LogP contribution is -2.30. The first-order valence-electron chi connectivity index (χ1n) is 8.72. The van der Waals surface area contributed by atoms with Crippen LogP contribution in [0.15, 0.2) is 59.6 Å². The summed E-state index contributed by atoms with van der Waals surface area (Å²) in [5, 5.41) is 8.67. The maximum Gasteiger partial charge on any atom is 0.223 e. The molecule has 0 N–H and O–H groups in total. The minimum atomic E-state index is 0.251. The average molecular weight is 351 g/mol. The van der Waals surface area contributed by atoms with Gasteiger partial charge in [-0.25, -0.2) is 4.68 Å². The van der Waals surface area contributed by atoms with Crippen molar-refractivity contribution in [3.63, 3.8) is 0 Å². The Morgan fingerprint density at radius 3 is 2.92 bits per heavy atom. The fourth-order valence-electron chi connectivity index (χ4n) is 3.48. The first kappa shape index (κ1) is 16.1. The Bertz CT molecular complexity index is 826. The number of carbonyl (C=O) groups is 1. The fourth-order valence-corrected chi connectivity index (χ4v) is 4.19. The van der Waals surface area contributed by atoms with Crippen LogP contribution in [0.25, 0.3) is 5.69 Å². The third-order valence-electron chi connectivity index (χ3n) is 4.79. The number of amides is 1. The summed E-state index contributed by atoms with van der Waals surface area (Å²) in [6.07, 6.45) is 7.33. The summed E-state index contributed by atoms with van der Waals surface area (Å²) in [6, 6.07) is 12.5. The Morgan fingerprint density at radius 2 is 2.12 bits per heavy atom. The van der Waals surface area contributed by atoms with Crippen LogP contribution in [0.4, 0.5) is 0 Å². The molecule has 4 nitrogen and oxygen atoms in total. The second kappa shape index (κ2) is 7.23. The van der Waals surface area contributed by atoms with Crippen LogP contribution in [0.3, 0.4) is 0 Å². The molecule has 128 valence electrons. The van der Waals surface area contributed by atoms with Crippen LogP contribution in [-0.4, -0.2) is 27.1 Å². The normalized spacial score (nSPS) is 17.1. The van der Waals surface area contributed by atoms with Crippen molar-refractivity contribution in [2.75, 3.05) is 6.54 Å². The molecule has 5 heteroatoms. The number of hydrogen-bond donors (Lipinski definition) is 0. The molecular formula is C20H21N3OS. The number of para-hydroxylation sites is 1. The molecule has 0 unspecified atom stereocenters. The van der Waals surface area contributed by atoms with Gasteiger partial charge in [-0.15, -0.1) is 0 Å². The number of carbonyl (C=O) groups excluding carboxylic acids is 1. The van der Waals surface area contributed by atoms with Crippen LogP contribution in [0, 0.1) is 0 Å². The zero-order chi connectivity index (χ0) is 17.1. The van der Waals surface area contributed by atoms with E-state index in [1.54, 1.807) is 11.3 Å². The van der Waals surface area contributed by atoms with E-state index in [1.807, 2.05) is 47.4 Å². The summed E-state index contributed by atoms with van der Waals surface area (Å²) < 4.78 is 1.86. The predicted molar refractivity (Wildman–Crippen MR) is 99.9 cm³/mol. The van der Waals surface area contributed by atoms with Crippen molar-refractivity contribution in [2.24, 2.45) is 0 Å². The predicted octanol–water partition coefficient (Wildman–Crippen LogP) is 4.23. The third kappa shape index (κ3) is 3.51. The second-order valence-electron chi connectivity index (χ2n) is 6.43. The van der Waals surface area contributed by atoms with E-state index in [4.69, 9.17) is 0 Å². The van der Waals surface area contributed by atoms with Gasteiger partial charge in [0.15, 0.2) is 0 Å². The highest BCUT2D eigenvalue weighted by molar-refractivity contribution is 7.07. The van der Waals surface area contributed by atoms with E-state index in [2.05, 4.69) is 26.8 Å². The molecule has 1 aliphatic rings. The Labute approximate surface area is 151 Å². The monoisotopic (exact) mass is 351 g/mol. The Morgan fingerprint density at radius 1 is 1.24 bits per heavy atom. The van der Waals surface area contributed by atoms with Crippen LogP contribution in [0.5, 0.6) is 0 Å². The molecule has 1 aliphatic heterocycles. The van der Waals surface area contributed by atoms with E-state index in [-0.39, 0.29) is 11.9 Å². The molecule has 4 rings (SSSR count). The lowest BCUT2D eigenvalue weighted by atomic mass is 10.1. The van der Waals surface area contributed by atoms with Gasteiger partial charge < -0.3 is 4.90 Å². The SMILES string of the molecule is O=C(CCc1cnn(-c2ccccc2)c1)N1CCC[C@@H]1c1ccsc1. The van der Waals surface area contributed by atoms with Gasteiger partial charge in [0.1, 0.15) is 0 Å². The molecule has 1 aromatic carbocycles. The molecule has 1 amide bonds. The minimum Gasteiger partial charge on any atom is -0.336 e. The van der Waals surface area contributed by atoms with E-state index in [0.717, 1.165) is 37.1 Å². The molecule has 1 saturated heterocycles. The van der Waals surface area contributed by atoms with Crippen molar-refractivity contribution in [3.8, 4) is 5.69 Å². The number of nitrogens with zero attached hydrogens (tertiary/aromatic N) is 3. The van der Waals surface area contributed by atoms with Crippen molar-refractivity contribution >= 4 is 17.2 Å². The maximum atomic E-state index is 12.7. The summed E-state index contributed by atoms with van der Waals surface area (Å²) >= 11 is 1.70. The van der Waals surface area contributed by atoms with Crippen LogP contribution in [-0.2, 0) is 11.2 Å². The van der Waals surface area contributed by atoms with Crippen LogP contribution in [0.1, 0.15) is 36.4 Å². The van der Waals surface area contributed by atoms with E-state index in [0.29, 0.717) is 6.42 Å². The lowest BCUT2D eigenvalue weighted by molar-refractivity contribution is -0.132. The zero-order valence-corrected chi connectivity index (χ0v) is 14.9. The molecule has 0 aliphatic carbocycles. The number of likely N-dealkylation sites (tertiary alicyclic amines) is 1. The molecule has 3 aromatic rings. The van der Waals surface area contributed by atoms with Gasteiger partial charge in [-0.2, -0.15) is 16.4 Å². The van der Waals surface area contributed by atoms with Crippen molar-refractivity contribution < 1.29 is 4.79 Å². The number of hydrogen-bond acceptors (Lipinski definition) is 3. The molecule has 0 spiro atoms. The molecule has 2 aromatic heterocycles. The number of aromatic nitrogens is 2. The van der Waals surface area contributed by atoms with Crippen LogP contribution >= 0.6 is 11.3 Å². The Balaban J connectivity index is 1.38. The number of benzene rings is 1. The van der Waals surface area contributed by atoms with Crippen molar-refractivity contribution in [1.29, 1.82) is 0 Å². The molecule has 1 fully saturated rings. The number of thiophene rings is 1. The third-order valence-corrected chi connectivity index (χ3v) is 5.49. The number of aryl methyl sites for hydroxylation is 1. The highest BCUT2D eigenvalue weighted by atomic mass is 32.1. The smallest absolute Gasteiger partial charge is 0.223 e. The van der Waals surface area contributed by atoms with Gasteiger partial charge in [0, 0.05) is 19.2 Å². The van der Waals surface area contributed by atoms with Crippen LogP contribution in [0.2, 0.25) is 0 Å². The molecule has 0 bridgehead atoms. The zero-order valence-electron chi connectivity index (χ0n) is 14.0. The second-order valence-corrected chi connectivity index (χ2v) is 7.21. The molecule has 25 heavy (non-hydrogen) atoms. The molecule has 0 radical (unpaired) electrons. The molecule has 1 atom stereocenters. The summed E-state index contributed by atoms with van der Waals surface area (Å²) in [5.74, 6) is 0.251. The van der Waals surface area contributed by atoms with Gasteiger partial charge in [0.25, 0.3) is 0 Å². The Kier molecular flexibility index (Phi) is 4.65. The Hall–Kier alpha value is -2.40. The molecule has 3 heterocycles. The van der Waals surface area contributed by atoms with E-state index < -0.39 is 0 Å². The fraction of sp³-hybridized carbons (Fsp3) is 0.300. The summed E-state index contributed by atoms with van der Waals surface area (Å²) in [4.78, 5) is 14.8. The largest absolute Gasteiger partial charge is 0.336 e. The standard InChI is InChI=1S/C20H21N3OS/c24-20(22-11-4-7-19(22)17-10-12-25-15-17)9-8-16-13-21-23(14-16)18-5-2-1-3-6-18/h1-3,5-6,10,12-15,19H,4,7-9,11H2/t19-/m1/s1. The quantitative estimate of drug-likeness (QED) is 0.690. The summed E-state index contributed by atoms with van der Waals surface area (Å²) in [7, 11) is 0. The van der Waals surface area contributed by atoms with Crippen molar-refractivity contribution in [1.82, 2.24) is 14.7 Å². The van der Waals surface area contributed by atoms with Gasteiger partial charge in [0.05, 0.1) is 17.9 Å². The molecule has 0 saturated carbocycles. The van der Waals surface area contributed by atoms with Gasteiger partial charge in [-0.05, 0) is 59.3 Å². The van der Waals surface area contributed by atoms with Crippen LogP contribution < -0.4 is 0 Å². The summed E-state index contributed by atoms with van der Waals surface area (Å²) in [6.45, 7) is 0.878. The highest BCUT2D eigenvalue weighted by Crippen LogP contribution is 2.33. The van der Waals surface area contributed by atoms with Gasteiger partial charge in [-0.3, -0.25) is 4.79 Å². The van der Waals surface area contributed by atoms with E-state index >= 15 is 0 Å².